The van der Waals surface area contributed by atoms with Gasteiger partial charge in [-0.15, -0.1) is 0 Å². The highest BCUT2D eigenvalue weighted by atomic mass is 16.5. The van der Waals surface area contributed by atoms with Gasteiger partial charge in [0.2, 0.25) is 0 Å². The van der Waals surface area contributed by atoms with E-state index in [1.54, 1.807) is 11.0 Å². The lowest BCUT2D eigenvalue weighted by Crippen LogP contribution is -2.32. The van der Waals surface area contributed by atoms with Gasteiger partial charge in [0, 0.05) is 24.7 Å². The third kappa shape index (κ3) is 4.13. The third-order valence-electron chi connectivity index (χ3n) is 3.89. The average molecular weight is 326 g/mol. The highest BCUT2D eigenvalue weighted by molar-refractivity contribution is 5.93. The number of benzene rings is 1. The fourth-order valence-corrected chi connectivity index (χ4v) is 2.46. The Labute approximate surface area is 144 Å². The van der Waals surface area contributed by atoms with Gasteiger partial charge in [0.15, 0.2) is 11.5 Å². The molecular weight excluding hydrogens is 300 g/mol. The second-order valence-electron chi connectivity index (χ2n) is 7.18. The molecule has 0 spiro atoms. The van der Waals surface area contributed by atoms with E-state index in [9.17, 15) is 4.79 Å². The molecule has 1 amide bonds. The molecule has 0 bridgehead atoms. The fourth-order valence-electron chi connectivity index (χ4n) is 2.46. The van der Waals surface area contributed by atoms with Crippen molar-refractivity contribution in [3.63, 3.8) is 0 Å². The number of aromatic nitrogens is 1. The number of carbonyl (C=O) groups is 1. The zero-order valence-corrected chi connectivity index (χ0v) is 15.2. The Kier molecular flexibility index (Phi) is 5.27. The first-order valence-corrected chi connectivity index (χ1v) is 8.23. The zero-order chi connectivity index (χ0) is 17.9. The van der Waals surface area contributed by atoms with E-state index in [-0.39, 0.29) is 11.3 Å². The molecular formula is C20H26N2O2. The Bertz CT molecular complexity index is 721. The summed E-state index contributed by atoms with van der Waals surface area (Å²) < 4.78 is 5.38. The van der Waals surface area contributed by atoms with Gasteiger partial charge in [-0.2, -0.15) is 0 Å². The quantitative estimate of drug-likeness (QED) is 0.750. The maximum absolute atomic E-state index is 12.5. The molecule has 2 rings (SSSR count). The van der Waals surface area contributed by atoms with Crippen LogP contribution in [0.2, 0.25) is 0 Å². The molecule has 24 heavy (non-hydrogen) atoms. The topological polar surface area (TPSA) is 46.3 Å². The van der Waals surface area contributed by atoms with Crippen molar-refractivity contribution < 1.29 is 9.32 Å². The molecule has 2 aromatic rings. The first kappa shape index (κ1) is 18.0. The minimum absolute atomic E-state index is 0.102. The smallest absolute Gasteiger partial charge is 0.276 e. The summed E-state index contributed by atoms with van der Waals surface area (Å²) in [6.45, 7) is 15.4. The molecule has 0 unspecified atom stereocenters. The van der Waals surface area contributed by atoms with E-state index in [0.717, 1.165) is 11.1 Å². The Morgan fingerprint density at radius 3 is 2.38 bits per heavy atom. The molecule has 0 radical (unpaired) electrons. The molecule has 1 aromatic carbocycles. The predicted molar refractivity (Wildman–Crippen MR) is 97.0 cm³/mol. The predicted octanol–water partition coefficient (Wildman–Crippen LogP) is 4.68. The largest absolute Gasteiger partial charge is 0.355 e. The van der Waals surface area contributed by atoms with Crippen molar-refractivity contribution in [2.24, 2.45) is 0 Å². The first-order valence-electron chi connectivity index (χ1n) is 8.23. The molecule has 0 aliphatic rings. The Morgan fingerprint density at radius 2 is 1.88 bits per heavy atom. The van der Waals surface area contributed by atoms with Gasteiger partial charge < -0.3 is 9.42 Å². The standard InChI is InChI=1S/C20H26N2O2/c1-7-22(13-14(2)3)19(23)17-12-18(24-21-17)15-8-10-16(11-9-15)20(4,5)6/h8-12H,2,7,13H2,1,3-6H3. The van der Waals surface area contributed by atoms with Crippen LogP contribution in [-0.2, 0) is 5.41 Å². The lowest BCUT2D eigenvalue weighted by atomic mass is 9.86. The summed E-state index contributed by atoms with van der Waals surface area (Å²) in [4.78, 5) is 14.2. The van der Waals surface area contributed by atoms with E-state index in [4.69, 9.17) is 4.52 Å². The minimum Gasteiger partial charge on any atom is -0.355 e. The van der Waals surface area contributed by atoms with E-state index in [0.29, 0.717) is 24.5 Å². The maximum Gasteiger partial charge on any atom is 0.276 e. The van der Waals surface area contributed by atoms with Gasteiger partial charge in [-0.3, -0.25) is 4.79 Å². The number of rotatable bonds is 5. The first-order chi connectivity index (χ1) is 11.2. The van der Waals surface area contributed by atoms with Gasteiger partial charge >= 0.3 is 0 Å². The Morgan fingerprint density at radius 1 is 1.25 bits per heavy atom. The van der Waals surface area contributed by atoms with Crippen LogP contribution < -0.4 is 0 Å². The fraction of sp³-hybridized carbons (Fsp3) is 0.400. The SMILES string of the molecule is C=C(C)CN(CC)C(=O)c1cc(-c2ccc(C(C)(C)C)cc2)on1. The molecule has 0 atom stereocenters. The van der Waals surface area contributed by atoms with Crippen LogP contribution in [-0.4, -0.2) is 29.1 Å². The molecule has 0 aliphatic heterocycles. The molecule has 0 fully saturated rings. The van der Waals surface area contributed by atoms with Crippen LogP contribution in [0.3, 0.4) is 0 Å². The molecule has 4 heteroatoms. The van der Waals surface area contributed by atoms with Crippen LogP contribution in [0, 0.1) is 0 Å². The van der Waals surface area contributed by atoms with E-state index in [2.05, 4.69) is 44.6 Å². The monoisotopic (exact) mass is 326 g/mol. The van der Waals surface area contributed by atoms with Crippen LogP contribution in [0.15, 0.2) is 47.0 Å². The molecule has 4 nitrogen and oxygen atoms in total. The van der Waals surface area contributed by atoms with E-state index in [1.807, 2.05) is 26.0 Å². The van der Waals surface area contributed by atoms with Crippen molar-refractivity contribution in [2.45, 2.75) is 40.0 Å². The molecule has 0 aliphatic carbocycles. The lowest BCUT2D eigenvalue weighted by molar-refractivity contribution is 0.0768. The van der Waals surface area contributed by atoms with Gasteiger partial charge in [-0.25, -0.2) is 0 Å². The highest BCUT2D eigenvalue weighted by Crippen LogP contribution is 2.26. The molecule has 128 valence electrons. The normalized spacial score (nSPS) is 11.4. The van der Waals surface area contributed by atoms with E-state index >= 15 is 0 Å². The van der Waals surface area contributed by atoms with Gasteiger partial charge in [0.25, 0.3) is 5.91 Å². The van der Waals surface area contributed by atoms with Crippen molar-refractivity contribution in [1.29, 1.82) is 0 Å². The summed E-state index contributed by atoms with van der Waals surface area (Å²) in [6.07, 6.45) is 0. The third-order valence-corrected chi connectivity index (χ3v) is 3.89. The van der Waals surface area contributed by atoms with Crippen molar-refractivity contribution in [3.8, 4) is 11.3 Å². The van der Waals surface area contributed by atoms with Crippen LogP contribution in [0.4, 0.5) is 0 Å². The van der Waals surface area contributed by atoms with E-state index < -0.39 is 0 Å². The van der Waals surface area contributed by atoms with Crippen molar-refractivity contribution in [2.75, 3.05) is 13.1 Å². The van der Waals surface area contributed by atoms with Crippen molar-refractivity contribution in [1.82, 2.24) is 10.1 Å². The number of carbonyl (C=O) groups excluding carboxylic acids is 1. The summed E-state index contributed by atoms with van der Waals surface area (Å²) in [6, 6.07) is 9.87. The number of amides is 1. The summed E-state index contributed by atoms with van der Waals surface area (Å²) in [5, 5.41) is 3.94. The van der Waals surface area contributed by atoms with Gasteiger partial charge in [-0.1, -0.05) is 62.3 Å². The van der Waals surface area contributed by atoms with Crippen molar-refractivity contribution in [3.05, 3.63) is 53.7 Å². The van der Waals surface area contributed by atoms with Crippen LogP contribution in [0.1, 0.15) is 50.7 Å². The summed E-state index contributed by atoms with van der Waals surface area (Å²) in [7, 11) is 0. The molecule has 0 saturated heterocycles. The molecule has 1 heterocycles. The highest BCUT2D eigenvalue weighted by Gasteiger charge is 2.20. The van der Waals surface area contributed by atoms with Crippen molar-refractivity contribution >= 4 is 5.91 Å². The van der Waals surface area contributed by atoms with Gasteiger partial charge in [0.05, 0.1) is 0 Å². The van der Waals surface area contributed by atoms with Crippen LogP contribution in [0.5, 0.6) is 0 Å². The number of nitrogens with zero attached hydrogens (tertiary/aromatic N) is 2. The molecule has 1 aromatic heterocycles. The minimum atomic E-state index is -0.137. The lowest BCUT2D eigenvalue weighted by Gasteiger charge is -2.19. The Hall–Kier alpha value is -2.36. The van der Waals surface area contributed by atoms with E-state index in [1.165, 1.54) is 5.56 Å². The van der Waals surface area contributed by atoms with Gasteiger partial charge in [0.1, 0.15) is 0 Å². The summed E-state index contributed by atoms with van der Waals surface area (Å²) >= 11 is 0. The summed E-state index contributed by atoms with van der Waals surface area (Å²) in [5.74, 6) is 0.465. The number of likely N-dealkylation sites (N-methyl/N-ethyl adjacent to an activating group) is 1. The molecule has 0 N–H and O–H groups in total. The van der Waals surface area contributed by atoms with Crippen LogP contribution >= 0.6 is 0 Å². The number of hydrogen-bond donors (Lipinski definition) is 0. The average Bonchev–Trinajstić information content (AvgIpc) is 3.01. The second-order valence-corrected chi connectivity index (χ2v) is 7.18. The zero-order valence-electron chi connectivity index (χ0n) is 15.2. The second kappa shape index (κ2) is 7.04. The number of hydrogen-bond acceptors (Lipinski definition) is 3. The van der Waals surface area contributed by atoms with Gasteiger partial charge in [-0.05, 0) is 24.8 Å². The summed E-state index contributed by atoms with van der Waals surface area (Å²) in [5.41, 5.74) is 3.53. The Balaban J connectivity index is 2.21. The molecule has 0 saturated carbocycles. The maximum atomic E-state index is 12.5. The van der Waals surface area contributed by atoms with Crippen LogP contribution in [0.25, 0.3) is 11.3 Å².